The highest BCUT2D eigenvalue weighted by Crippen LogP contribution is 2.46. The van der Waals surface area contributed by atoms with E-state index >= 15 is 0 Å². The lowest BCUT2D eigenvalue weighted by Crippen LogP contribution is -2.30. The van der Waals surface area contributed by atoms with Gasteiger partial charge >= 0.3 is 15.6 Å². The molecule has 0 spiro atoms. The van der Waals surface area contributed by atoms with Crippen LogP contribution in [0.2, 0.25) is 0 Å². The highest BCUT2D eigenvalue weighted by Gasteiger charge is 2.29. The third-order valence-electron chi connectivity index (χ3n) is 4.05. The molecule has 1 saturated heterocycles. The van der Waals surface area contributed by atoms with Crippen LogP contribution in [0.25, 0.3) is 0 Å². The summed E-state index contributed by atoms with van der Waals surface area (Å²) in [7, 11) is -7.89. The van der Waals surface area contributed by atoms with Crippen LogP contribution in [-0.2, 0) is 18.2 Å². The minimum absolute atomic E-state index is 0. The van der Waals surface area contributed by atoms with Crippen molar-refractivity contribution in [2.24, 2.45) is 0 Å². The SMILES string of the molecule is C.Cl.ClCCNCCCl.O=P(O)(O)OCCCNCCNCCCl.O=P1(O)OCCCNCCN1CCCl. The van der Waals surface area contributed by atoms with Crippen LogP contribution < -0.4 is 21.3 Å². The zero-order chi connectivity index (χ0) is 27.5. The lowest BCUT2D eigenvalue weighted by molar-refractivity contribution is 0.194. The van der Waals surface area contributed by atoms with Crippen LogP contribution in [0.15, 0.2) is 0 Å². The summed E-state index contributed by atoms with van der Waals surface area (Å²) in [6.45, 7) is 7.51. The van der Waals surface area contributed by atoms with Gasteiger partial charge in [0.25, 0.3) is 0 Å². The fourth-order valence-corrected chi connectivity index (χ4v) is 4.72. The molecule has 1 aliphatic rings. The minimum atomic E-state index is -4.29. The second-order valence-electron chi connectivity index (χ2n) is 7.06. The summed E-state index contributed by atoms with van der Waals surface area (Å²) in [5, 5.41) is 12.4. The fourth-order valence-electron chi connectivity index (χ4n) is 2.39. The van der Waals surface area contributed by atoms with Gasteiger partial charge in [0.1, 0.15) is 0 Å². The Balaban J connectivity index is -0.000000236. The van der Waals surface area contributed by atoms with Crippen LogP contribution in [0.4, 0.5) is 0 Å². The Labute approximate surface area is 254 Å². The second kappa shape index (κ2) is 33.0. The van der Waals surface area contributed by atoms with E-state index in [-0.39, 0.29) is 26.4 Å². The predicted molar refractivity (Wildman–Crippen MR) is 163 cm³/mol. The van der Waals surface area contributed by atoms with E-state index in [1.54, 1.807) is 0 Å². The monoisotopic (exact) mass is 695 g/mol. The largest absolute Gasteiger partial charge is 0.469 e. The molecule has 0 radical (unpaired) electrons. The highest BCUT2D eigenvalue weighted by molar-refractivity contribution is 7.50. The van der Waals surface area contributed by atoms with Gasteiger partial charge in [0.15, 0.2) is 0 Å². The third kappa shape index (κ3) is 35.5. The molecule has 1 unspecified atom stereocenters. The molecule has 1 atom stereocenters. The highest BCUT2D eigenvalue weighted by atomic mass is 35.5. The molecule has 0 aromatic heterocycles. The van der Waals surface area contributed by atoms with E-state index in [4.69, 9.17) is 60.7 Å². The summed E-state index contributed by atoms with van der Waals surface area (Å²) >= 11 is 21.7. The number of halogens is 5. The van der Waals surface area contributed by atoms with Gasteiger partial charge in [-0.1, -0.05) is 7.43 Å². The molecule has 236 valence electrons. The Morgan fingerprint density at radius 2 is 1.45 bits per heavy atom. The van der Waals surface area contributed by atoms with E-state index in [9.17, 15) is 14.0 Å². The fraction of sp³-hybridized carbons (Fsp3) is 1.00. The zero-order valence-corrected chi connectivity index (χ0v) is 26.6. The molecule has 1 rings (SSSR count). The molecule has 0 aromatic carbocycles. The van der Waals surface area contributed by atoms with Crippen LogP contribution >= 0.6 is 74.4 Å². The lowest BCUT2D eigenvalue weighted by atomic mass is 10.4. The molecule has 0 saturated carbocycles. The first-order valence-electron chi connectivity index (χ1n) is 11.6. The van der Waals surface area contributed by atoms with Crippen LogP contribution in [0.3, 0.4) is 0 Å². The average Bonchev–Trinajstić information content (AvgIpc) is 2.89. The number of phosphoric ester groups is 1. The van der Waals surface area contributed by atoms with E-state index in [1.807, 2.05) is 0 Å². The summed E-state index contributed by atoms with van der Waals surface area (Å²) in [6, 6.07) is 0. The van der Waals surface area contributed by atoms with Crippen molar-refractivity contribution in [1.29, 1.82) is 0 Å². The molecular formula is C19H48Cl5N5O7P2. The first-order chi connectivity index (χ1) is 17.1. The Morgan fingerprint density at radius 1 is 0.921 bits per heavy atom. The maximum absolute atomic E-state index is 11.7. The number of hydrogen-bond acceptors (Lipinski definition) is 8. The van der Waals surface area contributed by atoms with Gasteiger partial charge in [-0.2, -0.15) is 0 Å². The first-order valence-corrected chi connectivity index (χ1v) is 16.8. The second-order valence-corrected chi connectivity index (χ2v) is 11.6. The molecule has 1 heterocycles. The van der Waals surface area contributed by atoms with Crippen molar-refractivity contribution in [2.75, 3.05) is 102 Å². The average molecular weight is 698 g/mol. The molecule has 7 N–H and O–H groups in total. The smallest absolute Gasteiger partial charge is 0.315 e. The van der Waals surface area contributed by atoms with Gasteiger partial charge < -0.3 is 35.9 Å². The minimum Gasteiger partial charge on any atom is -0.315 e. The van der Waals surface area contributed by atoms with Crippen molar-refractivity contribution in [3.05, 3.63) is 0 Å². The van der Waals surface area contributed by atoms with Crippen molar-refractivity contribution < 1.29 is 32.9 Å². The van der Waals surface area contributed by atoms with Gasteiger partial charge in [0.05, 0.1) is 13.2 Å². The number of phosphoric acid groups is 1. The summed E-state index contributed by atoms with van der Waals surface area (Å²) < 4.78 is 32.5. The Bertz CT molecular complexity index is 574. The zero-order valence-electron chi connectivity index (χ0n) is 21.0. The van der Waals surface area contributed by atoms with Gasteiger partial charge in [-0.3, -0.25) is 9.05 Å². The number of rotatable bonds is 16. The third-order valence-corrected chi connectivity index (χ3v) is 6.94. The van der Waals surface area contributed by atoms with Crippen molar-refractivity contribution in [1.82, 2.24) is 25.9 Å². The maximum Gasteiger partial charge on any atom is 0.469 e. The van der Waals surface area contributed by atoms with Gasteiger partial charge in [0.2, 0.25) is 0 Å². The molecule has 1 aliphatic heterocycles. The van der Waals surface area contributed by atoms with E-state index in [0.29, 0.717) is 62.7 Å². The predicted octanol–water partition coefficient (Wildman–Crippen LogP) is 2.65. The normalized spacial score (nSPS) is 18.2. The Kier molecular flexibility index (Phi) is 40.4. The summed E-state index contributed by atoms with van der Waals surface area (Å²) in [6.07, 6.45) is 1.32. The van der Waals surface area contributed by atoms with Crippen molar-refractivity contribution in [3.63, 3.8) is 0 Å². The number of alkyl halides is 4. The van der Waals surface area contributed by atoms with E-state index in [1.165, 1.54) is 4.67 Å². The topological polar surface area (TPSA) is 165 Å². The molecule has 1 fully saturated rings. The summed E-state index contributed by atoms with van der Waals surface area (Å²) in [4.78, 5) is 26.3. The molecule has 0 bridgehead atoms. The van der Waals surface area contributed by atoms with Crippen molar-refractivity contribution >= 4 is 74.4 Å². The number of hydrogen-bond donors (Lipinski definition) is 7. The van der Waals surface area contributed by atoms with E-state index in [2.05, 4.69) is 25.8 Å². The molecule has 0 aliphatic carbocycles. The van der Waals surface area contributed by atoms with E-state index < -0.39 is 15.6 Å². The molecule has 19 heteroatoms. The van der Waals surface area contributed by atoms with Crippen LogP contribution in [-0.4, -0.2) is 122 Å². The molecule has 38 heavy (non-hydrogen) atoms. The van der Waals surface area contributed by atoms with Crippen molar-refractivity contribution in [3.8, 4) is 0 Å². The van der Waals surface area contributed by atoms with E-state index in [0.717, 1.165) is 45.7 Å². The first kappa shape index (κ1) is 46.5. The molecule has 0 amide bonds. The van der Waals surface area contributed by atoms with Crippen LogP contribution in [0, 0.1) is 0 Å². The van der Waals surface area contributed by atoms with Gasteiger partial charge in [-0.05, 0) is 25.9 Å². The Hall–Kier alpha value is 1.51. The summed E-state index contributed by atoms with van der Waals surface area (Å²) in [5.74, 6) is 2.25. The number of nitrogens with zero attached hydrogens (tertiary/aromatic N) is 1. The van der Waals surface area contributed by atoms with Crippen LogP contribution in [0.1, 0.15) is 20.3 Å². The quantitative estimate of drug-likeness (QED) is 0.0718. The van der Waals surface area contributed by atoms with Gasteiger partial charge in [-0.15, -0.1) is 58.8 Å². The molecular weight excluding hydrogens is 649 g/mol. The Morgan fingerprint density at radius 3 is 1.95 bits per heavy atom. The summed E-state index contributed by atoms with van der Waals surface area (Å²) in [5.41, 5.74) is 0. The number of nitrogens with one attached hydrogen (secondary N) is 4. The van der Waals surface area contributed by atoms with Gasteiger partial charge in [0, 0.05) is 75.9 Å². The van der Waals surface area contributed by atoms with Gasteiger partial charge in [-0.25, -0.2) is 13.8 Å². The van der Waals surface area contributed by atoms with Crippen molar-refractivity contribution in [2.45, 2.75) is 20.3 Å². The van der Waals surface area contributed by atoms with Crippen LogP contribution in [0.5, 0.6) is 0 Å². The maximum atomic E-state index is 11.7. The standard InChI is InChI=1S/C7H18ClN2O4P.C7H16ClN2O3P.C4H9Cl2N.CH4.ClH/c8-2-4-10-6-5-9-3-1-7-14-15(11,12)13;8-2-5-10-6-4-9-3-1-7-13-14(10,11)12;5-1-3-7-4-2-6;;/h9-10H,1-7H2,(H2,11,12,13);9H,1-7H2,(H,11,12);7H,1-4H2;1H4;1H. The molecule has 0 aromatic rings. The molecule has 12 nitrogen and oxygen atoms in total. The lowest BCUT2D eigenvalue weighted by Gasteiger charge is -2.24.